The van der Waals surface area contributed by atoms with Gasteiger partial charge in [-0.3, -0.25) is 9.89 Å². The van der Waals surface area contributed by atoms with Gasteiger partial charge in [-0.1, -0.05) is 24.3 Å². The highest BCUT2D eigenvalue weighted by Crippen LogP contribution is 2.37. The van der Waals surface area contributed by atoms with E-state index in [1.54, 1.807) is 0 Å². The molecule has 2 aromatic rings. The number of nitrogens with zero attached hydrogens (tertiary/aromatic N) is 1. The van der Waals surface area contributed by atoms with Crippen molar-refractivity contribution in [2.75, 3.05) is 13.2 Å². The lowest BCUT2D eigenvalue weighted by Gasteiger charge is -2.28. The van der Waals surface area contributed by atoms with Crippen molar-refractivity contribution in [2.24, 2.45) is 5.92 Å². The number of ether oxygens (including phenoxy) is 2. The number of H-pyrrole nitrogens is 1. The second-order valence-electron chi connectivity index (χ2n) is 7.99. The summed E-state index contributed by atoms with van der Waals surface area (Å²) in [6, 6.07) is 10.6. The second kappa shape index (κ2) is 8.78. The van der Waals surface area contributed by atoms with E-state index in [9.17, 15) is 4.79 Å². The summed E-state index contributed by atoms with van der Waals surface area (Å²) in [6.45, 7) is 1.50. The standard InChI is InChI=1S/C22H28N2O4/c25-22(26)13-15-1-3-16(4-2-15)17-5-7-18(8-6-17)20-14-21(24-23-20)28-19-9-11-27-12-10-19/h5-8,14-16,19H,1-4,9-13H2,(H,23,24)(H,25,26). The Morgan fingerprint density at radius 2 is 1.82 bits per heavy atom. The van der Waals surface area contributed by atoms with Crippen LogP contribution in [0.15, 0.2) is 30.3 Å². The summed E-state index contributed by atoms with van der Waals surface area (Å²) in [7, 11) is 0. The molecule has 150 valence electrons. The van der Waals surface area contributed by atoms with Crippen molar-refractivity contribution in [2.45, 2.75) is 57.0 Å². The minimum atomic E-state index is -0.674. The maximum atomic E-state index is 10.9. The summed E-state index contributed by atoms with van der Waals surface area (Å²) in [5, 5.41) is 16.3. The molecule has 0 radical (unpaired) electrons. The lowest BCUT2D eigenvalue weighted by atomic mass is 9.77. The number of aromatic amines is 1. The third kappa shape index (κ3) is 4.73. The molecule has 4 rings (SSSR count). The summed E-state index contributed by atoms with van der Waals surface area (Å²) in [4.78, 5) is 10.9. The topological polar surface area (TPSA) is 84.4 Å². The van der Waals surface area contributed by atoms with Crippen molar-refractivity contribution in [1.82, 2.24) is 10.2 Å². The Labute approximate surface area is 165 Å². The first kappa shape index (κ1) is 19.0. The third-order valence-electron chi connectivity index (χ3n) is 6.01. The summed E-state index contributed by atoms with van der Waals surface area (Å²) in [5.41, 5.74) is 3.40. The number of carboxylic acid groups (broad SMARTS) is 1. The molecule has 6 nitrogen and oxygen atoms in total. The Kier molecular flexibility index (Phi) is 5.95. The Morgan fingerprint density at radius 1 is 1.11 bits per heavy atom. The molecule has 28 heavy (non-hydrogen) atoms. The largest absolute Gasteiger partial charge is 0.481 e. The summed E-state index contributed by atoms with van der Waals surface area (Å²) in [6.07, 6.45) is 6.47. The normalized spacial score (nSPS) is 23.4. The van der Waals surface area contributed by atoms with Crippen LogP contribution in [0.3, 0.4) is 0 Å². The van der Waals surface area contributed by atoms with Gasteiger partial charge in [0.2, 0.25) is 5.88 Å². The fourth-order valence-electron chi connectivity index (χ4n) is 4.36. The van der Waals surface area contributed by atoms with Crippen LogP contribution in [0.4, 0.5) is 0 Å². The van der Waals surface area contributed by atoms with Gasteiger partial charge in [0.25, 0.3) is 0 Å². The fraction of sp³-hybridized carbons (Fsp3) is 0.545. The zero-order valence-electron chi connectivity index (χ0n) is 16.1. The molecule has 1 aliphatic carbocycles. The number of carboxylic acids is 1. The Morgan fingerprint density at radius 3 is 2.50 bits per heavy atom. The van der Waals surface area contributed by atoms with Crippen LogP contribution in [0.25, 0.3) is 11.3 Å². The number of carbonyl (C=O) groups is 1. The predicted molar refractivity (Wildman–Crippen MR) is 105 cm³/mol. The number of aromatic nitrogens is 2. The van der Waals surface area contributed by atoms with E-state index in [1.807, 2.05) is 6.07 Å². The highest BCUT2D eigenvalue weighted by atomic mass is 16.5. The number of hydrogen-bond donors (Lipinski definition) is 2. The molecular weight excluding hydrogens is 356 g/mol. The first-order valence-electron chi connectivity index (χ1n) is 10.3. The van der Waals surface area contributed by atoms with Crippen molar-refractivity contribution in [3.8, 4) is 17.1 Å². The van der Waals surface area contributed by atoms with Gasteiger partial charge in [-0.2, -0.15) is 0 Å². The van der Waals surface area contributed by atoms with Gasteiger partial charge in [0, 0.05) is 25.3 Å². The maximum absolute atomic E-state index is 10.9. The van der Waals surface area contributed by atoms with Gasteiger partial charge >= 0.3 is 5.97 Å². The number of hydrogen-bond acceptors (Lipinski definition) is 4. The van der Waals surface area contributed by atoms with Crippen LogP contribution in [0.2, 0.25) is 0 Å². The van der Waals surface area contributed by atoms with Crippen LogP contribution in [0, 0.1) is 5.92 Å². The van der Waals surface area contributed by atoms with Crippen LogP contribution in [0.5, 0.6) is 5.88 Å². The monoisotopic (exact) mass is 384 g/mol. The van der Waals surface area contributed by atoms with E-state index >= 15 is 0 Å². The maximum Gasteiger partial charge on any atom is 0.303 e. The fourth-order valence-corrected chi connectivity index (χ4v) is 4.36. The van der Waals surface area contributed by atoms with E-state index in [0.29, 0.717) is 24.1 Å². The summed E-state index contributed by atoms with van der Waals surface area (Å²) >= 11 is 0. The van der Waals surface area contributed by atoms with E-state index in [2.05, 4.69) is 34.5 Å². The van der Waals surface area contributed by atoms with Gasteiger partial charge in [0.05, 0.1) is 18.9 Å². The molecule has 1 aliphatic heterocycles. The van der Waals surface area contributed by atoms with E-state index in [4.69, 9.17) is 14.6 Å². The molecule has 1 aromatic heterocycles. The lowest BCUT2D eigenvalue weighted by Crippen LogP contribution is -2.25. The van der Waals surface area contributed by atoms with Crippen LogP contribution >= 0.6 is 0 Å². The molecule has 2 fully saturated rings. The first-order valence-corrected chi connectivity index (χ1v) is 10.3. The molecule has 6 heteroatoms. The number of aliphatic carboxylic acids is 1. The molecule has 0 atom stereocenters. The molecule has 0 amide bonds. The highest BCUT2D eigenvalue weighted by Gasteiger charge is 2.24. The lowest BCUT2D eigenvalue weighted by molar-refractivity contribution is -0.138. The Hall–Kier alpha value is -2.34. The zero-order valence-corrected chi connectivity index (χ0v) is 16.1. The van der Waals surface area contributed by atoms with Gasteiger partial charge in [-0.05, 0) is 48.6 Å². The quantitative estimate of drug-likeness (QED) is 0.772. The average molecular weight is 384 g/mol. The molecule has 0 spiro atoms. The minimum Gasteiger partial charge on any atom is -0.481 e. The number of nitrogens with one attached hydrogen (secondary N) is 1. The van der Waals surface area contributed by atoms with Crippen molar-refractivity contribution in [1.29, 1.82) is 0 Å². The molecule has 1 aromatic carbocycles. The number of benzene rings is 1. The van der Waals surface area contributed by atoms with Crippen molar-refractivity contribution < 1.29 is 19.4 Å². The van der Waals surface area contributed by atoms with E-state index in [0.717, 1.165) is 63.0 Å². The molecule has 2 aliphatic rings. The third-order valence-corrected chi connectivity index (χ3v) is 6.01. The van der Waals surface area contributed by atoms with Gasteiger partial charge in [0.15, 0.2) is 0 Å². The van der Waals surface area contributed by atoms with Crippen LogP contribution in [-0.2, 0) is 9.53 Å². The zero-order chi connectivity index (χ0) is 19.3. The Balaban J connectivity index is 1.34. The Bertz CT molecular complexity index is 772. The van der Waals surface area contributed by atoms with E-state index < -0.39 is 5.97 Å². The van der Waals surface area contributed by atoms with Crippen LogP contribution in [0.1, 0.15) is 56.4 Å². The van der Waals surface area contributed by atoms with Crippen LogP contribution < -0.4 is 4.74 Å². The first-order chi connectivity index (χ1) is 13.7. The van der Waals surface area contributed by atoms with Crippen molar-refractivity contribution >= 4 is 5.97 Å². The minimum absolute atomic E-state index is 0.184. The van der Waals surface area contributed by atoms with E-state index in [-0.39, 0.29) is 6.10 Å². The number of rotatable bonds is 6. The van der Waals surface area contributed by atoms with Crippen molar-refractivity contribution in [3.63, 3.8) is 0 Å². The highest BCUT2D eigenvalue weighted by molar-refractivity contribution is 5.67. The average Bonchev–Trinajstić information content (AvgIpc) is 3.17. The van der Waals surface area contributed by atoms with E-state index in [1.165, 1.54) is 5.56 Å². The molecule has 0 bridgehead atoms. The van der Waals surface area contributed by atoms with Gasteiger partial charge in [-0.15, -0.1) is 5.10 Å². The van der Waals surface area contributed by atoms with Gasteiger partial charge in [-0.25, -0.2) is 0 Å². The van der Waals surface area contributed by atoms with Crippen LogP contribution in [-0.4, -0.2) is 40.6 Å². The molecule has 2 N–H and O–H groups in total. The SMILES string of the molecule is O=C(O)CC1CCC(c2ccc(-c3cc(OC4CCOCC4)n[nH]3)cc2)CC1. The van der Waals surface area contributed by atoms with Crippen molar-refractivity contribution in [3.05, 3.63) is 35.9 Å². The molecule has 1 saturated carbocycles. The smallest absolute Gasteiger partial charge is 0.303 e. The molecular formula is C22H28N2O4. The van der Waals surface area contributed by atoms with Gasteiger partial charge < -0.3 is 14.6 Å². The summed E-state index contributed by atoms with van der Waals surface area (Å²) in [5.74, 6) is 0.843. The molecule has 2 heterocycles. The van der Waals surface area contributed by atoms with Gasteiger partial charge in [0.1, 0.15) is 6.10 Å². The summed E-state index contributed by atoms with van der Waals surface area (Å²) < 4.78 is 11.3. The second-order valence-corrected chi connectivity index (χ2v) is 7.99. The molecule has 1 saturated heterocycles. The predicted octanol–water partition coefficient (Wildman–Crippen LogP) is 4.38. The molecule has 0 unspecified atom stereocenters.